The first-order valence-electron chi connectivity index (χ1n) is 3.96. The third-order valence-electron chi connectivity index (χ3n) is 1.56. The number of hydrogen-bond acceptors (Lipinski definition) is 2. The first-order chi connectivity index (χ1) is 5.74. The van der Waals surface area contributed by atoms with E-state index in [-0.39, 0.29) is 5.56 Å². The molecule has 1 heterocycles. The summed E-state index contributed by atoms with van der Waals surface area (Å²) in [7, 11) is 0. The van der Waals surface area contributed by atoms with E-state index in [1.165, 1.54) is 4.68 Å². The second kappa shape index (κ2) is 4.59. The average molecular weight is 278 g/mol. The molecule has 0 atom stereocenters. The van der Waals surface area contributed by atoms with Crippen LogP contribution in [0.2, 0.25) is 0 Å². The Balaban J connectivity index is 2.80. The molecule has 3 nitrogen and oxygen atoms in total. The standard InChI is InChI=1S/C8H11IN2O/c1-2-3-4-11-8(12)5-7(9)6-10-11/h5-6H,2-4H2,1H3. The zero-order chi connectivity index (χ0) is 8.97. The SMILES string of the molecule is CCCCn1ncc(I)cc1=O. The Morgan fingerprint density at radius 1 is 1.67 bits per heavy atom. The normalized spacial score (nSPS) is 10.2. The minimum Gasteiger partial charge on any atom is -0.268 e. The van der Waals surface area contributed by atoms with Crippen LogP contribution in [0.3, 0.4) is 0 Å². The zero-order valence-electron chi connectivity index (χ0n) is 6.96. The molecule has 0 aliphatic heterocycles. The van der Waals surface area contributed by atoms with Gasteiger partial charge in [0.25, 0.3) is 5.56 Å². The van der Waals surface area contributed by atoms with E-state index < -0.39 is 0 Å². The van der Waals surface area contributed by atoms with Gasteiger partial charge in [-0.05, 0) is 29.0 Å². The van der Waals surface area contributed by atoms with E-state index in [1.807, 2.05) is 0 Å². The summed E-state index contributed by atoms with van der Waals surface area (Å²) in [5.41, 5.74) is -0.00431. The fraction of sp³-hybridized carbons (Fsp3) is 0.500. The van der Waals surface area contributed by atoms with Crippen LogP contribution in [0.4, 0.5) is 0 Å². The molecule has 0 amide bonds. The number of aryl methyl sites for hydroxylation is 1. The van der Waals surface area contributed by atoms with Crippen LogP contribution in [0, 0.1) is 3.57 Å². The van der Waals surface area contributed by atoms with Crippen LogP contribution < -0.4 is 5.56 Å². The predicted octanol–water partition coefficient (Wildman–Crippen LogP) is 1.65. The molecule has 1 aromatic rings. The van der Waals surface area contributed by atoms with Gasteiger partial charge in [0.15, 0.2) is 0 Å². The number of unbranched alkanes of at least 4 members (excludes halogenated alkanes) is 1. The second-order valence-electron chi connectivity index (χ2n) is 2.59. The van der Waals surface area contributed by atoms with Crippen LogP contribution in [-0.2, 0) is 6.54 Å². The lowest BCUT2D eigenvalue weighted by Gasteiger charge is -2.01. The summed E-state index contributed by atoms with van der Waals surface area (Å²) in [5, 5.41) is 4.01. The van der Waals surface area contributed by atoms with Crippen molar-refractivity contribution in [2.45, 2.75) is 26.3 Å². The predicted molar refractivity (Wildman–Crippen MR) is 56.1 cm³/mol. The second-order valence-corrected chi connectivity index (χ2v) is 3.83. The summed E-state index contributed by atoms with van der Waals surface area (Å²) < 4.78 is 2.40. The molecule has 0 spiro atoms. The van der Waals surface area contributed by atoms with Crippen molar-refractivity contribution in [2.75, 3.05) is 0 Å². The van der Waals surface area contributed by atoms with Gasteiger partial charge in [-0.3, -0.25) is 4.79 Å². The summed E-state index contributed by atoms with van der Waals surface area (Å²) in [6.07, 6.45) is 3.80. The highest BCUT2D eigenvalue weighted by Gasteiger charge is 1.96. The molecule has 0 aromatic carbocycles. The van der Waals surface area contributed by atoms with Crippen molar-refractivity contribution in [2.24, 2.45) is 0 Å². The van der Waals surface area contributed by atoms with Gasteiger partial charge in [0.1, 0.15) is 0 Å². The van der Waals surface area contributed by atoms with Crippen molar-refractivity contribution >= 4 is 22.6 Å². The first-order valence-corrected chi connectivity index (χ1v) is 5.04. The van der Waals surface area contributed by atoms with Gasteiger partial charge in [0.2, 0.25) is 0 Å². The largest absolute Gasteiger partial charge is 0.268 e. The van der Waals surface area contributed by atoms with E-state index in [9.17, 15) is 4.79 Å². The molecule has 4 heteroatoms. The number of rotatable bonds is 3. The number of halogens is 1. The fourth-order valence-corrected chi connectivity index (χ4v) is 1.28. The molecule has 12 heavy (non-hydrogen) atoms. The third-order valence-corrected chi connectivity index (χ3v) is 2.15. The Morgan fingerprint density at radius 2 is 2.42 bits per heavy atom. The molecule has 66 valence electrons. The summed E-state index contributed by atoms with van der Waals surface area (Å²) in [4.78, 5) is 11.2. The lowest BCUT2D eigenvalue weighted by atomic mass is 10.3. The topological polar surface area (TPSA) is 34.9 Å². The summed E-state index contributed by atoms with van der Waals surface area (Å²) in [6, 6.07) is 1.60. The van der Waals surface area contributed by atoms with E-state index >= 15 is 0 Å². The van der Waals surface area contributed by atoms with Crippen LogP contribution >= 0.6 is 22.6 Å². The van der Waals surface area contributed by atoms with Gasteiger partial charge < -0.3 is 0 Å². The van der Waals surface area contributed by atoms with Crippen LogP contribution in [0.15, 0.2) is 17.1 Å². The Labute approximate surface area is 84.9 Å². The highest BCUT2D eigenvalue weighted by molar-refractivity contribution is 14.1. The van der Waals surface area contributed by atoms with Crippen molar-refractivity contribution in [1.29, 1.82) is 0 Å². The number of aromatic nitrogens is 2. The van der Waals surface area contributed by atoms with E-state index in [2.05, 4.69) is 34.6 Å². The highest BCUT2D eigenvalue weighted by Crippen LogP contribution is 1.96. The maximum Gasteiger partial charge on any atom is 0.267 e. The van der Waals surface area contributed by atoms with Crippen LogP contribution in [-0.4, -0.2) is 9.78 Å². The summed E-state index contributed by atoms with van der Waals surface area (Å²) in [6.45, 7) is 2.82. The Kier molecular flexibility index (Phi) is 3.71. The van der Waals surface area contributed by atoms with E-state index in [0.29, 0.717) is 0 Å². The molecule has 0 unspecified atom stereocenters. The quantitative estimate of drug-likeness (QED) is 0.788. The lowest BCUT2D eigenvalue weighted by molar-refractivity contribution is 0.541. The average Bonchev–Trinajstić information content (AvgIpc) is 2.03. The van der Waals surface area contributed by atoms with Gasteiger partial charge in [0.05, 0.1) is 6.20 Å². The lowest BCUT2D eigenvalue weighted by Crippen LogP contribution is -2.22. The molecular formula is C8H11IN2O. The van der Waals surface area contributed by atoms with E-state index in [4.69, 9.17) is 0 Å². The van der Waals surface area contributed by atoms with Gasteiger partial charge in [0, 0.05) is 16.2 Å². The monoisotopic (exact) mass is 278 g/mol. The molecule has 0 aliphatic rings. The molecule has 0 bridgehead atoms. The van der Waals surface area contributed by atoms with Crippen molar-refractivity contribution < 1.29 is 0 Å². The highest BCUT2D eigenvalue weighted by atomic mass is 127. The van der Waals surface area contributed by atoms with Crippen LogP contribution in [0.25, 0.3) is 0 Å². The smallest absolute Gasteiger partial charge is 0.267 e. The molecular weight excluding hydrogens is 267 g/mol. The van der Waals surface area contributed by atoms with Crippen molar-refractivity contribution in [3.63, 3.8) is 0 Å². The zero-order valence-corrected chi connectivity index (χ0v) is 9.11. The molecule has 1 aromatic heterocycles. The Bertz CT molecular complexity index is 308. The van der Waals surface area contributed by atoms with E-state index in [1.54, 1.807) is 12.3 Å². The molecule has 1 rings (SSSR count). The van der Waals surface area contributed by atoms with Crippen molar-refractivity contribution in [1.82, 2.24) is 9.78 Å². The fourth-order valence-electron chi connectivity index (χ4n) is 0.887. The molecule has 0 aliphatic carbocycles. The minimum atomic E-state index is -0.00431. The molecule has 0 saturated carbocycles. The minimum absolute atomic E-state index is 0.00431. The van der Waals surface area contributed by atoms with Crippen molar-refractivity contribution in [3.05, 3.63) is 26.2 Å². The van der Waals surface area contributed by atoms with Gasteiger partial charge in [-0.25, -0.2) is 4.68 Å². The first kappa shape index (κ1) is 9.70. The third kappa shape index (κ3) is 2.58. The van der Waals surface area contributed by atoms with E-state index in [0.717, 1.165) is 23.0 Å². The number of nitrogens with zero attached hydrogens (tertiary/aromatic N) is 2. The Hall–Kier alpha value is -0.390. The summed E-state index contributed by atoms with van der Waals surface area (Å²) >= 11 is 2.08. The summed E-state index contributed by atoms with van der Waals surface area (Å²) in [5.74, 6) is 0. The number of hydrogen-bond donors (Lipinski definition) is 0. The van der Waals surface area contributed by atoms with Gasteiger partial charge in [-0.1, -0.05) is 13.3 Å². The molecule has 0 fully saturated rings. The maximum absolute atomic E-state index is 11.2. The Morgan fingerprint density at radius 3 is 3.00 bits per heavy atom. The molecule has 0 N–H and O–H groups in total. The van der Waals surface area contributed by atoms with Gasteiger partial charge in [-0.15, -0.1) is 0 Å². The molecule has 0 saturated heterocycles. The van der Waals surface area contributed by atoms with Crippen LogP contribution in [0.1, 0.15) is 19.8 Å². The van der Waals surface area contributed by atoms with Gasteiger partial charge in [-0.2, -0.15) is 5.10 Å². The van der Waals surface area contributed by atoms with Crippen LogP contribution in [0.5, 0.6) is 0 Å². The van der Waals surface area contributed by atoms with Crippen molar-refractivity contribution in [3.8, 4) is 0 Å². The maximum atomic E-state index is 11.2. The molecule has 0 radical (unpaired) electrons. The van der Waals surface area contributed by atoms with Gasteiger partial charge >= 0.3 is 0 Å².